The summed E-state index contributed by atoms with van der Waals surface area (Å²) in [5.74, 6) is 0.975. The largest absolute Gasteiger partial charge is 0.399 e. The molecule has 0 spiro atoms. The molecule has 1 rings (SSSR count). The standard InChI is InChI=1S/C12H19N3.H2/c1-4-8-15(5-2)12-9-11(10(3)13)6-7-14-12;/h6-7,9H,3-5,8,13H2,1-2H3;1H. The van der Waals surface area contributed by atoms with Gasteiger partial charge in [-0.1, -0.05) is 13.5 Å². The highest BCUT2D eigenvalue weighted by atomic mass is 15.2. The van der Waals surface area contributed by atoms with Gasteiger partial charge in [-0.3, -0.25) is 0 Å². The van der Waals surface area contributed by atoms with Crippen LogP contribution in [0.25, 0.3) is 5.70 Å². The first-order valence-corrected chi connectivity index (χ1v) is 5.34. The minimum Gasteiger partial charge on any atom is -0.399 e. The average molecular weight is 207 g/mol. The normalized spacial score (nSPS) is 10.0. The molecule has 0 unspecified atom stereocenters. The number of nitrogens with two attached hydrogens (primary N) is 1. The second kappa shape index (κ2) is 5.39. The van der Waals surface area contributed by atoms with Crippen molar-refractivity contribution in [1.82, 2.24) is 4.98 Å². The molecule has 0 aliphatic heterocycles. The Kier molecular flexibility index (Phi) is 4.16. The van der Waals surface area contributed by atoms with E-state index < -0.39 is 0 Å². The topological polar surface area (TPSA) is 42.1 Å². The molecule has 0 atom stereocenters. The SMILES string of the molecule is C=C(N)c1ccnc(N(CC)CCC)c1.[HH]. The first-order chi connectivity index (χ1) is 7.19. The third kappa shape index (κ3) is 2.98. The third-order valence-electron chi connectivity index (χ3n) is 2.32. The highest BCUT2D eigenvalue weighted by molar-refractivity contribution is 5.63. The van der Waals surface area contributed by atoms with Crippen molar-refractivity contribution < 1.29 is 1.43 Å². The molecule has 1 aromatic heterocycles. The van der Waals surface area contributed by atoms with Gasteiger partial charge in [0.1, 0.15) is 5.82 Å². The van der Waals surface area contributed by atoms with Gasteiger partial charge in [-0.15, -0.1) is 0 Å². The van der Waals surface area contributed by atoms with E-state index in [-0.39, 0.29) is 1.43 Å². The van der Waals surface area contributed by atoms with Crippen LogP contribution >= 0.6 is 0 Å². The Labute approximate surface area is 93.1 Å². The van der Waals surface area contributed by atoms with Crippen molar-refractivity contribution in [2.75, 3.05) is 18.0 Å². The quantitative estimate of drug-likeness (QED) is 0.806. The molecule has 0 aliphatic rings. The number of pyridine rings is 1. The van der Waals surface area contributed by atoms with E-state index in [1.165, 1.54) is 0 Å². The molecular weight excluding hydrogens is 186 g/mol. The predicted molar refractivity (Wildman–Crippen MR) is 67.8 cm³/mol. The molecule has 3 heteroatoms. The maximum absolute atomic E-state index is 5.66. The summed E-state index contributed by atoms with van der Waals surface area (Å²) in [6, 6.07) is 3.87. The summed E-state index contributed by atoms with van der Waals surface area (Å²) in [6.07, 6.45) is 2.89. The van der Waals surface area contributed by atoms with Gasteiger partial charge in [0.2, 0.25) is 0 Å². The van der Waals surface area contributed by atoms with Crippen molar-refractivity contribution in [2.45, 2.75) is 20.3 Å². The summed E-state index contributed by atoms with van der Waals surface area (Å²) in [5, 5.41) is 0. The van der Waals surface area contributed by atoms with Crippen molar-refractivity contribution in [3.05, 3.63) is 30.5 Å². The van der Waals surface area contributed by atoms with Crippen LogP contribution in [-0.4, -0.2) is 18.1 Å². The molecule has 0 aromatic carbocycles. The van der Waals surface area contributed by atoms with Gasteiger partial charge in [0.15, 0.2) is 0 Å². The van der Waals surface area contributed by atoms with Crippen LogP contribution in [0.5, 0.6) is 0 Å². The van der Waals surface area contributed by atoms with E-state index in [9.17, 15) is 0 Å². The lowest BCUT2D eigenvalue weighted by molar-refractivity contribution is 0.778. The average Bonchev–Trinajstić information content (AvgIpc) is 2.26. The highest BCUT2D eigenvalue weighted by Crippen LogP contribution is 2.15. The third-order valence-corrected chi connectivity index (χ3v) is 2.32. The smallest absolute Gasteiger partial charge is 0.129 e. The Bertz CT molecular complexity index is 339. The highest BCUT2D eigenvalue weighted by Gasteiger charge is 2.05. The summed E-state index contributed by atoms with van der Waals surface area (Å²) < 4.78 is 0. The Morgan fingerprint density at radius 2 is 2.33 bits per heavy atom. The van der Waals surface area contributed by atoms with Crippen LogP contribution in [0.3, 0.4) is 0 Å². The summed E-state index contributed by atoms with van der Waals surface area (Å²) in [5.41, 5.74) is 7.20. The van der Waals surface area contributed by atoms with Crippen LogP contribution < -0.4 is 10.6 Å². The van der Waals surface area contributed by atoms with Gasteiger partial charge >= 0.3 is 0 Å². The molecule has 0 fully saturated rings. The molecular formula is C12H21N3. The van der Waals surface area contributed by atoms with Gasteiger partial charge < -0.3 is 10.6 Å². The number of aromatic nitrogens is 1. The molecule has 2 N–H and O–H groups in total. The van der Waals surface area contributed by atoms with E-state index >= 15 is 0 Å². The minimum atomic E-state index is 0. The van der Waals surface area contributed by atoms with Crippen LogP contribution in [0.4, 0.5) is 5.82 Å². The van der Waals surface area contributed by atoms with Gasteiger partial charge in [0.25, 0.3) is 0 Å². The Morgan fingerprint density at radius 1 is 1.60 bits per heavy atom. The zero-order valence-corrected chi connectivity index (χ0v) is 9.53. The van der Waals surface area contributed by atoms with Gasteiger partial charge in [0.05, 0.1) is 0 Å². The first kappa shape index (κ1) is 11.6. The number of anilines is 1. The number of nitrogens with zero attached hydrogens (tertiary/aromatic N) is 2. The van der Waals surface area contributed by atoms with Gasteiger partial charge in [-0.2, -0.15) is 0 Å². The Hall–Kier alpha value is -1.51. The van der Waals surface area contributed by atoms with E-state index in [0.29, 0.717) is 5.70 Å². The Balaban J connectivity index is 0.00000225. The molecule has 3 nitrogen and oxygen atoms in total. The molecule has 0 amide bonds. The molecule has 0 saturated carbocycles. The van der Waals surface area contributed by atoms with Crippen LogP contribution in [0.1, 0.15) is 27.3 Å². The van der Waals surface area contributed by atoms with Gasteiger partial charge in [0, 0.05) is 32.0 Å². The van der Waals surface area contributed by atoms with E-state index in [4.69, 9.17) is 5.73 Å². The number of hydrogen-bond acceptors (Lipinski definition) is 3. The monoisotopic (exact) mass is 207 g/mol. The van der Waals surface area contributed by atoms with Crippen molar-refractivity contribution in [1.29, 1.82) is 0 Å². The minimum absolute atomic E-state index is 0. The fourth-order valence-corrected chi connectivity index (χ4v) is 1.50. The molecule has 84 valence electrons. The maximum atomic E-state index is 5.66. The second-order valence-corrected chi connectivity index (χ2v) is 3.51. The summed E-state index contributed by atoms with van der Waals surface area (Å²) in [6.45, 7) is 9.99. The number of rotatable bonds is 5. The molecule has 1 heterocycles. The predicted octanol–water partition coefficient (Wildman–Crippen LogP) is 2.49. The van der Waals surface area contributed by atoms with Crippen LogP contribution in [-0.2, 0) is 0 Å². The molecule has 15 heavy (non-hydrogen) atoms. The fourth-order valence-electron chi connectivity index (χ4n) is 1.50. The van der Waals surface area contributed by atoms with Crippen molar-refractivity contribution in [3.63, 3.8) is 0 Å². The molecule has 1 aromatic rings. The van der Waals surface area contributed by atoms with E-state index in [1.807, 2.05) is 12.1 Å². The molecule has 0 aliphatic carbocycles. The van der Waals surface area contributed by atoms with E-state index in [1.54, 1.807) is 6.20 Å². The maximum Gasteiger partial charge on any atom is 0.129 e. The van der Waals surface area contributed by atoms with E-state index in [0.717, 1.165) is 30.9 Å². The molecule has 0 bridgehead atoms. The van der Waals surface area contributed by atoms with Crippen LogP contribution in [0.2, 0.25) is 0 Å². The summed E-state index contributed by atoms with van der Waals surface area (Å²) >= 11 is 0. The first-order valence-electron chi connectivity index (χ1n) is 5.34. The lowest BCUT2D eigenvalue weighted by Crippen LogP contribution is -2.24. The molecule has 0 radical (unpaired) electrons. The van der Waals surface area contributed by atoms with Crippen LogP contribution in [0.15, 0.2) is 24.9 Å². The lowest BCUT2D eigenvalue weighted by Gasteiger charge is -2.21. The van der Waals surface area contributed by atoms with Crippen molar-refractivity contribution >= 4 is 11.5 Å². The lowest BCUT2D eigenvalue weighted by atomic mass is 10.2. The van der Waals surface area contributed by atoms with Crippen molar-refractivity contribution in [2.24, 2.45) is 5.73 Å². The number of hydrogen-bond donors (Lipinski definition) is 1. The zero-order valence-electron chi connectivity index (χ0n) is 9.53. The molecule has 0 saturated heterocycles. The second-order valence-electron chi connectivity index (χ2n) is 3.51. The van der Waals surface area contributed by atoms with Gasteiger partial charge in [-0.25, -0.2) is 4.98 Å². The van der Waals surface area contributed by atoms with Crippen molar-refractivity contribution in [3.8, 4) is 0 Å². The van der Waals surface area contributed by atoms with Crippen LogP contribution in [0, 0.1) is 0 Å². The Morgan fingerprint density at radius 3 is 2.87 bits per heavy atom. The summed E-state index contributed by atoms with van der Waals surface area (Å²) in [4.78, 5) is 6.57. The summed E-state index contributed by atoms with van der Waals surface area (Å²) in [7, 11) is 0. The zero-order chi connectivity index (χ0) is 11.3. The van der Waals surface area contributed by atoms with E-state index in [2.05, 4.69) is 30.3 Å². The fraction of sp³-hybridized carbons (Fsp3) is 0.417. The van der Waals surface area contributed by atoms with Gasteiger partial charge in [-0.05, 0) is 25.5 Å².